The van der Waals surface area contributed by atoms with E-state index in [2.05, 4.69) is 0 Å². The molecule has 0 aromatic heterocycles. The summed E-state index contributed by atoms with van der Waals surface area (Å²) in [5, 5.41) is 29.0. The highest BCUT2D eigenvalue weighted by Crippen LogP contribution is 2.30. The van der Waals surface area contributed by atoms with Gasteiger partial charge in [0.25, 0.3) is 0 Å². The van der Waals surface area contributed by atoms with Crippen molar-refractivity contribution >= 4 is 6.08 Å². The van der Waals surface area contributed by atoms with Crippen molar-refractivity contribution in [1.82, 2.24) is 0 Å². The van der Waals surface area contributed by atoms with Gasteiger partial charge in [0.15, 0.2) is 0 Å². The van der Waals surface area contributed by atoms with Gasteiger partial charge < -0.3 is 20.1 Å². The van der Waals surface area contributed by atoms with Crippen molar-refractivity contribution in [3.05, 3.63) is 35.4 Å². The number of ether oxygens (including phenoxy) is 1. The topological polar surface area (TPSA) is 69.9 Å². The minimum absolute atomic E-state index is 0.0520. The van der Waals surface area contributed by atoms with Gasteiger partial charge in [-0.2, -0.15) is 0 Å². The second kappa shape index (κ2) is 3.90. The number of aliphatic hydroxyl groups is 2. The standard InChI is InChI=1S/C12H14O4/c1-8(13)12(15)6-5-9-3-2-4-11(14)10(9)7-16-12/h2-6,8,13-15H,7H2,1H3/t8-,12+/m0/s1. The Bertz CT molecular complexity index is 425. The van der Waals surface area contributed by atoms with E-state index in [1.54, 1.807) is 18.2 Å². The largest absolute Gasteiger partial charge is 0.508 e. The third-order valence-corrected chi connectivity index (χ3v) is 2.74. The maximum absolute atomic E-state index is 9.95. The first-order valence-electron chi connectivity index (χ1n) is 5.07. The van der Waals surface area contributed by atoms with E-state index in [1.165, 1.54) is 13.0 Å². The molecule has 0 saturated heterocycles. The van der Waals surface area contributed by atoms with Crippen LogP contribution in [0.1, 0.15) is 18.1 Å². The quantitative estimate of drug-likeness (QED) is 0.663. The highest BCUT2D eigenvalue weighted by molar-refractivity contribution is 5.59. The predicted molar refractivity (Wildman–Crippen MR) is 58.6 cm³/mol. The van der Waals surface area contributed by atoms with Gasteiger partial charge in [-0.25, -0.2) is 0 Å². The molecule has 0 bridgehead atoms. The Labute approximate surface area is 93.4 Å². The molecule has 16 heavy (non-hydrogen) atoms. The molecule has 4 nitrogen and oxygen atoms in total. The van der Waals surface area contributed by atoms with Gasteiger partial charge in [-0.05, 0) is 24.6 Å². The fourth-order valence-electron chi connectivity index (χ4n) is 1.61. The Kier molecular flexibility index (Phi) is 2.71. The van der Waals surface area contributed by atoms with Gasteiger partial charge in [-0.3, -0.25) is 0 Å². The van der Waals surface area contributed by atoms with Crippen LogP contribution in [0.2, 0.25) is 0 Å². The van der Waals surface area contributed by atoms with Crippen molar-refractivity contribution in [2.45, 2.75) is 25.4 Å². The lowest BCUT2D eigenvalue weighted by molar-refractivity contribution is -0.224. The van der Waals surface area contributed by atoms with Crippen molar-refractivity contribution < 1.29 is 20.1 Å². The highest BCUT2D eigenvalue weighted by Gasteiger charge is 2.33. The molecular formula is C12H14O4. The SMILES string of the molecule is C[C@H](O)[C@@]1(O)C=Cc2cccc(O)c2CO1. The van der Waals surface area contributed by atoms with Crippen LogP contribution in [0.15, 0.2) is 24.3 Å². The summed E-state index contributed by atoms with van der Waals surface area (Å²) in [6.07, 6.45) is 1.98. The minimum atomic E-state index is -1.70. The number of benzene rings is 1. The van der Waals surface area contributed by atoms with E-state index in [0.717, 1.165) is 5.56 Å². The van der Waals surface area contributed by atoms with Crippen LogP contribution in [-0.4, -0.2) is 27.2 Å². The summed E-state index contributed by atoms with van der Waals surface area (Å²) in [6.45, 7) is 1.50. The summed E-state index contributed by atoms with van der Waals surface area (Å²) in [4.78, 5) is 0. The second-order valence-corrected chi connectivity index (χ2v) is 3.89. The van der Waals surface area contributed by atoms with Gasteiger partial charge in [-0.1, -0.05) is 18.2 Å². The van der Waals surface area contributed by atoms with Crippen molar-refractivity contribution in [2.24, 2.45) is 0 Å². The van der Waals surface area contributed by atoms with E-state index >= 15 is 0 Å². The number of aromatic hydroxyl groups is 1. The lowest BCUT2D eigenvalue weighted by atomic mass is 10.1. The Morgan fingerprint density at radius 3 is 2.88 bits per heavy atom. The third-order valence-electron chi connectivity index (χ3n) is 2.74. The summed E-state index contributed by atoms with van der Waals surface area (Å²) < 4.78 is 5.22. The molecule has 0 saturated carbocycles. The monoisotopic (exact) mass is 222 g/mol. The summed E-state index contributed by atoms with van der Waals surface area (Å²) >= 11 is 0. The number of hydrogen-bond donors (Lipinski definition) is 3. The zero-order chi connectivity index (χ0) is 11.8. The van der Waals surface area contributed by atoms with Crippen LogP contribution in [0.3, 0.4) is 0 Å². The molecule has 4 heteroatoms. The molecule has 1 aliphatic rings. The summed E-state index contributed by atoms with van der Waals surface area (Å²) in [6, 6.07) is 5.08. The molecule has 3 N–H and O–H groups in total. The van der Waals surface area contributed by atoms with Crippen LogP contribution in [-0.2, 0) is 11.3 Å². The molecule has 0 fully saturated rings. The first-order chi connectivity index (χ1) is 7.53. The first-order valence-corrected chi connectivity index (χ1v) is 5.07. The number of rotatable bonds is 1. The molecular weight excluding hydrogens is 208 g/mol. The zero-order valence-corrected chi connectivity index (χ0v) is 8.92. The van der Waals surface area contributed by atoms with Gasteiger partial charge in [-0.15, -0.1) is 0 Å². The Morgan fingerprint density at radius 2 is 2.19 bits per heavy atom. The molecule has 1 heterocycles. The van der Waals surface area contributed by atoms with Crippen molar-refractivity contribution in [3.8, 4) is 5.75 Å². The van der Waals surface area contributed by atoms with E-state index < -0.39 is 11.9 Å². The first kappa shape index (κ1) is 11.1. The van der Waals surface area contributed by atoms with Crippen LogP contribution in [0.5, 0.6) is 5.75 Å². The van der Waals surface area contributed by atoms with Gasteiger partial charge >= 0.3 is 0 Å². The molecule has 2 atom stereocenters. The molecule has 0 radical (unpaired) electrons. The van der Waals surface area contributed by atoms with Crippen LogP contribution >= 0.6 is 0 Å². The number of phenolic OH excluding ortho intramolecular Hbond substituents is 1. The van der Waals surface area contributed by atoms with Gasteiger partial charge in [0.05, 0.1) is 6.61 Å². The third kappa shape index (κ3) is 1.82. The van der Waals surface area contributed by atoms with E-state index in [-0.39, 0.29) is 12.4 Å². The molecule has 0 aliphatic carbocycles. The Morgan fingerprint density at radius 1 is 1.44 bits per heavy atom. The van der Waals surface area contributed by atoms with Gasteiger partial charge in [0.2, 0.25) is 5.79 Å². The summed E-state index contributed by atoms with van der Waals surface area (Å²) in [5.41, 5.74) is 1.38. The smallest absolute Gasteiger partial charge is 0.212 e. The van der Waals surface area contributed by atoms with Crippen LogP contribution in [0, 0.1) is 0 Å². The predicted octanol–water partition coefficient (Wildman–Crippen LogP) is 1.00. The van der Waals surface area contributed by atoms with E-state index in [9.17, 15) is 15.3 Å². The van der Waals surface area contributed by atoms with Gasteiger partial charge in [0, 0.05) is 5.56 Å². The van der Waals surface area contributed by atoms with Gasteiger partial charge in [0.1, 0.15) is 11.9 Å². The summed E-state index contributed by atoms with van der Waals surface area (Å²) in [5.74, 6) is -1.58. The average Bonchev–Trinajstić information content (AvgIpc) is 2.41. The van der Waals surface area contributed by atoms with E-state index in [1.807, 2.05) is 6.07 Å². The maximum Gasteiger partial charge on any atom is 0.212 e. The van der Waals surface area contributed by atoms with Crippen molar-refractivity contribution in [2.75, 3.05) is 0 Å². The molecule has 0 unspecified atom stereocenters. The average molecular weight is 222 g/mol. The Balaban J connectivity index is 2.39. The second-order valence-electron chi connectivity index (χ2n) is 3.89. The van der Waals surface area contributed by atoms with E-state index in [4.69, 9.17) is 4.74 Å². The number of aliphatic hydroxyl groups excluding tert-OH is 1. The maximum atomic E-state index is 9.95. The van der Waals surface area contributed by atoms with Crippen molar-refractivity contribution in [1.29, 1.82) is 0 Å². The number of phenols is 1. The highest BCUT2D eigenvalue weighted by atomic mass is 16.6. The fourth-order valence-corrected chi connectivity index (χ4v) is 1.61. The Hall–Kier alpha value is -1.36. The zero-order valence-electron chi connectivity index (χ0n) is 8.92. The summed E-state index contributed by atoms with van der Waals surface area (Å²) in [7, 11) is 0. The molecule has 0 spiro atoms. The van der Waals surface area contributed by atoms with Crippen LogP contribution in [0.4, 0.5) is 0 Å². The fraction of sp³-hybridized carbons (Fsp3) is 0.333. The minimum Gasteiger partial charge on any atom is -0.508 e. The van der Waals surface area contributed by atoms with Crippen molar-refractivity contribution in [3.63, 3.8) is 0 Å². The van der Waals surface area contributed by atoms with E-state index in [0.29, 0.717) is 5.56 Å². The molecule has 0 amide bonds. The lowest BCUT2D eigenvalue weighted by Gasteiger charge is -2.26. The molecule has 2 rings (SSSR count). The molecule has 1 aliphatic heterocycles. The molecule has 1 aromatic carbocycles. The molecule has 86 valence electrons. The van der Waals surface area contributed by atoms with Crippen LogP contribution < -0.4 is 0 Å². The number of fused-ring (bicyclic) bond motifs is 1. The molecule has 1 aromatic rings. The van der Waals surface area contributed by atoms with Crippen LogP contribution in [0.25, 0.3) is 6.08 Å². The lowest BCUT2D eigenvalue weighted by Crippen LogP contribution is -2.40. The number of hydrogen-bond acceptors (Lipinski definition) is 4. The normalized spacial score (nSPS) is 25.9.